The number of carbonyl (C=O) groups is 1. The minimum Gasteiger partial charge on any atom is -0.463 e. The number of allylic oxidation sites excluding steroid dienone is 1. The summed E-state index contributed by atoms with van der Waals surface area (Å²) in [6.45, 7) is 0. The molecule has 4 heteroatoms. The van der Waals surface area contributed by atoms with Crippen molar-refractivity contribution in [3.05, 3.63) is 59.9 Å². The Morgan fingerprint density at radius 3 is 2.80 bits per heavy atom. The van der Waals surface area contributed by atoms with Gasteiger partial charge in [0.2, 0.25) is 11.5 Å². The van der Waals surface area contributed by atoms with E-state index in [0.29, 0.717) is 6.42 Å². The quantitative estimate of drug-likeness (QED) is 0.844. The van der Waals surface area contributed by atoms with Gasteiger partial charge in [0, 0.05) is 18.3 Å². The molecule has 2 aliphatic rings. The summed E-state index contributed by atoms with van der Waals surface area (Å²) in [5, 5.41) is 13.4. The third kappa shape index (κ3) is 2.81. The lowest BCUT2D eigenvalue weighted by atomic mass is 9.71. The molecule has 0 spiro atoms. The van der Waals surface area contributed by atoms with Crippen molar-refractivity contribution >= 4 is 16.7 Å². The Morgan fingerprint density at radius 2 is 2.00 bits per heavy atom. The minimum absolute atomic E-state index is 0.0594. The zero-order valence-electron chi connectivity index (χ0n) is 14.3. The Balaban J connectivity index is 1.81. The molecule has 3 atom stereocenters. The molecule has 0 aromatic heterocycles. The normalized spacial score (nSPS) is 28.6. The van der Waals surface area contributed by atoms with E-state index in [1.807, 2.05) is 18.2 Å². The predicted octanol–water partition coefficient (Wildman–Crippen LogP) is 3.89. The summed E-state index contributed by atoms with van der Waals surface area (Å²) in [7, 11) is 1.33. The first-order chi connectivity index (χ1) is 12.1. The molecule has 2 aromatic carbocycles. The first-order valence-corrected chi connectivity index (χ1v) is 8.81. The fourth-order valence-corrected chi connectivity index (χ4v) is 4.20. The number of fused-ring (bicyclic) bond motifs is 2. The number of hydrogen-bond acceptors (Lipinski definition) is 4. The van der Waals surface area contributed by atoms with Crippen molar-refractivity contribution in [3.8, 4) is 0 Å². The second-order valence-electron chi connectivity index (χ2n) is 6.95. The van der Waals surface area contributed by atoms with E-state index in [9.17, 15) is 9.90 Å². The fraction of sp³-hybridized carbons (Fsp3) is 0.381. The summed E-state index contributed by atoms with van der Waals surface area (Å²) in [6.07, 6.45) is 5.18. The third-order valence-corrected chi connectivity index (χ3v) is 5.48. The van der Waals surface area contributed by atoms with Crippen LogP contribution >= 0.6 is 0 Å². The Bertz CT molecular complexity index is 841. The maximum Gasteiger partial charge on any atom is 0.373 e. The first kappa shape index (κ1) is 16.2. The monoisotopic (exact) mass is 338 g/mol. The van der Waals surface area contributed by atoms with Crippen LogP contribution in [0, 0.1) is 5.92 Å². The summed E-state index contributed by atoms with van der Waals surface area (Å²) in [5.41, 5.74) is 1.09. The van der Waals surface area contributed by atoms with E-state index in [0.717, 1.165) is 30.2 Å². The molecule has 4 nitrogen and oxygen atoms in total. The number of esters is 1. The molecule has 0 bridgehead atoms. The molecule has 1 heterocycles. The molecule has 1 aliphatic carbocycles. The molecule has 0 saturated heterocycles. The highest BCUT2D eigenvalue weighted by Gasteiger charge is 2.49. The highest BCUT2D eigenvalue weighted by molar-refractivity contribution is 5.87. The second-order valence-corrected chi connectivity index (χ2v) is 6.95. The highest BCUT2D eigenvalue weighted by atomic mass is 16.6. The van der Waals surface area contributed by atoms with Crippen molar-refractivity contribution in [2.45, 2.75) is 37.4 Å². The second kappa shape index (κ2) is 6.19. The summed E-state index contributed by atoms with van der Waals surface area (Å²) >= 11 is 0. The number of carbonyl (C=O) groups excluding carboxylic acids is 1. The summed E-state index contributed by atoms with van der Waals surface area (Å²) in [4.78, 5) is 12.0. The number of rotatable bonds is 2. The molecular weight excluding hydrogens is 316 g/mol. The molecule has 0 unspecified atom stereocenters. The van der Waals surface area contributed by atoms with Gasteiger partial charge in [-0.05, 0) is 35.3 Å². The minimum atomic E-state index is -1.30. The van der Waals surface area contributed by atoms with Crippen LogP contribution in [0.25, 0.3) is 10.8 Å². The van der Waals surface area contributed by atoms with E-state index in [2.05, 4.69) is 30.3 Å². The van der Waals surface area contributed by atoms with Gasteiger partial charge in [0.05, 0.1) is 7.11 Å². The van der Waals surface area contributed by atoms with Crippen LogP contribution < -0.4 is 0 Å². The highest BCUT2D eigenvalue weighted by Crippen LogP contribution is 2.48. The van der Waals surface area contributed by atoms with Crippen LogP contribution in [0.15, 0.2) is 54.3 Å². The zero-order valence-corrected chi connectivity index (χ0v) is 14.3. The van der Waals surface area contributed by atoms with Gasteiger partial charge in [0.25, 0.3) is 0 Å². The van der Waals surface area contributed by atoms with E-state index >= 15 is 0 Å². The van der Waals surface area contributed by atoms with Crippen molar-refractivity contribution in [2.75, 3.05) is 7.11 Å². The molecular formula is C21H22O4. The van der Waals surface area contributed by atoms with Gasteiger partial charge in [0.1, 0.15) is 0 Å². The molecule has 130 valence electrons. The van der Waals surface area contributed by atoms with Gasteiger partial charge in [0.15, 0.2) is 0 Å². The molecule has 2 aromatic rings. The number of ether oxygens (including phenoxy) is 2. The SMILES string of the molecule is COC(=O)C1=C[C@@H](c2ccc3ccccc3c2)[C@@H]2CCCC[C@@]2(O)O1. The van der Waals surface area contributed by atoms with E-state index in [4.69, 9.17) is 9.47 Å². The number of hydrogen-bond donors (Lipinski definition) is 1. The molecule has 1 N–H and O–H groups in total. The fourth-order valence-electron chi connectivity index (χ4n) is 4.20. The molecule has 4 rings (SSSR count). The van der Waals surface area contributed by atoms with Crippen LogP contribution in [0.5, 0.6) is 0 Å². The van der Waals surface area contributed by atoms with Crippen molar-refractivity contribution in [1.29, 1.82) is 0 Å². The lowest BCUT2D eigenvalue weighted by Crippen LogP contribution is -2.48. The van der Waals surface area contributed by atoms with Crippen molar-refractivity contribution in [1.82, 2.24) is 0 Å². The van der Waals surface area contributed by atoms with Gasteiger partial charge in [-0.25, -0.2) is 4.79 Å². The van der Waals surface area contributed by atoms with Gasteiger partial charge >= 0.3 is 5.97 Å². The lowest BCUT2D eigenvalue weighted by Gasteiger charge is -2.46. The van der Waals surface area contributed by atoms with Gasteiger partial charge in [-0.2, -0.15) is 0 Å². The predicted molar refractivity (Wildman–Crippen MR) is 94.8 cm³/mol. The van der Waals surface area contributed by atoms with E-state index in [1.54, 1.807) is 0 Å². The third-order valence-electron chi connectivity index (χ3n) is 5.48. The maximum absolute atomic E-state index is 12.0. The molecule has 0 amide bonds. The standard InChI is InChI=1S/C21H22O4/c1-24-20(22)19-13-17(18-8-4-5-11-21(18,23)25-19)16-10-9-14-6-2-3-7-15(14)12-16/h2-3,6-7,9-10,12-13,17-18,23H,4-5,8,11H2,1H3/t17-,18-,21+/m0/s1. The summed E-state index contributed by atoms with van der Waals surface area (Å²) < 4.78 is 10.5. The first-order valence-electron chi connectivity index (χ1n) is 8.81. The van der Waals surface area contributed by atoms with Crippen molar-refractivity contribution < 1.29 is 19.4 Å². The smallest absolute Gasteiger partial charge is 0.373 e. The number of methoxy groups -OCH3 is 1. The van der Waals surface area contributed by atoms with Crippen LogP contribution in [0.1, 0.15) is 37.2 Å². The number of aliphatic hydroxyl groups is 1. The largest absolute Gasteiger partial charge is 0.463 e. The van der Waals surface area contributed by atoms with Crippen LogP contribution in [-0.4, -0.2) is 24.0 Å². The summed E-state index contributed by atoms with van der Waals surface area (Å²) in [5.74, 6) is -1.86. The molecule has 1 saturated carbocycles. The van der Waals surface area contributed by atoms with Gasteiger partial charge in [-0.1, -0.05) is 48.9 Å². The van der Waals surface area contributed by atoms with E-state index < -0.39 is 11.8 Å². The van der Waals surface area contributed by atoms with Crippen LogP contribution in [-0.2, 0) is 14.3 Å². The molecule has 1 aliphatic heterocycles. The average Bonchev–Trinajstić information content (AvgIpc) is 2.65. The Labute approximate surface area is 147 Å². The van der Waals surface area contributed by atoms with Gasteiger partial charge < -0.3 is 14.6 Å². The van der Waals surface area contributed by atoms with Gasteiger partial charge in [-0.15, -0.1) is 0 Å². The van der Waals surface area contributed by atoms with Crippen molar-refractivity contribution in [2.24, 2.45) is 5.92 Å². The Kier molecular flexibility index (Phi) is 4.00. The Hall–Kier alpha value is -2.33. The van der Waals surface area contributed by atoms with Crippen LogP contribution in [0.4, 0.5) is 0 Å². The average molecular weight is 338 g/mol. The topological polar surface area (TPSA) is 55.8 Å². The summed E-state index contributed by atoms with van der Waals surface area (Å²) in [6, 6.07) is 14.5. The lowest BCUT2D eigenvalue weighted by molar-refractivity contribution is -0.243. The van der Waals surface area contributed by atoms with Gasteiger partial charge in [-0.3, -0.25) is 0 Å². The molecule has 25 heavy (non-hydrogen) atoms. The van der Waals surface area contributed by atoms with E-state index in [-0.39, 0.29) is 17.6 Å². The molecule has 1 fully saturated rings. The maximum atomic E-state index is 12.0. The number of benzene rings is 2. The van der Waals surface area contributed by atoms with Crippen molar-refractivity contribution in [3.63, 3.8) is 0 Å². The zero-order chi connectivity index (χ0) is 17.4. The van der Waals surface area contributed by atoms with Crippen LogP contribution in [0.2, 0.25) is 0 Å². The molecule has 0 radical (unpaired) electrons. The Morgan fingerprint density at radius 1 is 1.20 bits per heavy atom. The van der Waals surface area contributed by atoms with E-state index in [1.165, 1.54) is 12.5 Å². The van der Waals surface area contributed by atoms with Crippen LogP contribution in [0.3, 0.4) is 0 Å².